The fourth-order valence-electron chi connectivity index (χ4n) is 3.58. The average molecular weight is 427 g/mol. The van der Waals surface area contributed by atoms with E-state index in [9.17, 15) is 17.6 Å². The molecule has 0 saturated carbocycles. The second-order valence-corrected chi connectivity index (χ2v) is 7.49. The highest BCUT2D eigenvalue weighted by molar-refractivity contribution is 5.79. The summed E-state index contributed by atoms with van der Waals surface area (Å²) < 4.78 is 57.5. The number of benzene rings is 3. The van der Waals surface area contributed by atoms with Crippen molar-refractivity contribution in [3.63, 3.8) is 0 Å². The molecule has 1 N–H and O–H groups in total. The highest BCUT2D eigenvalue weighted by atomic mass is 19.2. The molecule has 7 heteroatoms. The zero-order chi connectivity index (χ0) is 22.1. The van der Waals surface area contributed by atoms with Gasteiger partial charge in [0.15, 0.2) is 23.3 Å². The Morgan fingerprint density at radius 2 is 1.48 bits per heavy atom. The van der Waals surface area contributed by atoms with Gasteiger partial charge in [-0.1, -0.05) is 31.2 Å². The molecule has 4 rings (SSSR count). The lowest BCUT2D eigenvalue weighted by atomic mass is 10.1. The maximum atomic E-state index is 14.6. The van der Waals surface area contributed by atoms with Crippen LogP contribution in [0.4, 0.5) is 23.2 Å². The van der Waals surface area contributed by atoms with Crippen molar-refractivity contribution in [2.45, 2.75) is 33.4 Å². The number of fused-ring (bicyclic) bond motifs is 1. The van der Waals surface area contributed by atoms with Crippen LogP contribution in [-0.4, -0.2) is 9.97 Å². The second-order valence-electron chi connectivity index (χ2n) is 7.49. The minimum absolute atomic E-state index is 0.291. The standard InChI is InChI=1S/C24H21F4N3/c1-3-15-4-6-16(7-5-15)11-31(17-8-9-19-20(10-17)30-13-29-19)12-18-23(27)21(25)14(2)22(26)24(18)28/h4-10,13H,3,11-12H2,1-2H3,(H,29,30). The van der Waals surface area contributed by atoms with Crippen LogP contribution in [0.15, 0.2) is 48.8 Å². The van der Waals surface area contributed by atoms with Crippen LogP contribution in [0, 0.1) is 30.2 Å². The molecule has 0 aliphatic heterocycles. The lowest BCUT2D eigenvalue weighted by molar-refractivity contribution is 0.429. The van der Waals surface area contributed by atoms with Crippen LogP contribution in [0.1, 0.15) is 29.2 Å². The third-order valence-electron chi connectivity index (χ3n) is 5.50. The number of hydrogen-bond acceptors (Lipinski definition) is 2. The molecule has 0 aliphatic rings. The van der Waals surface area contributed by atoms with Gasteiger partial charge in [-0.3, -0.25) is 0 Å². The molecule has 3 nitrogen and oxygen atoms in total. The van der Waals surface area contributed by atoms with Gasteiger partial charge in [0.1, 0.15) is 0 Å². The Hall–Kier alpha value is -3.35. The van der Waals surface area contributed by atoms with E-state index in [1.165, 1.54) is 0 Å². The van der Waals surface area contributed by atoms with Crippen LogP contribution in [0.25, 0.3) is 11.0 Å². The molecule has 31 heavy (non-hydrogen) atoms. The van der Waals surface area contributed by atoms with E-state index in [-0.39, 0.29) is 6.54 Å². The van der Waals surface area contributed by atoms with Gasteiger partial charge < -0.3 is 9.88 Å². The van der Waals surface area contributed by atoms with Crippen LogP contribution in [0.5, 0.6) is 0 Å². The lowest BCUT2D eigenvalue weighted by Crippen LogP contribution is -2.24. The number of nitrogens with zero attached hydrogens (tertiary/aromatic N) is 2. The SMILES string of the molecule is CCc1ccc(CN(Cc2c(F)c(F)c(C)c(F)c2F)c2ccc3nc[nH]c3c2)cc1. The van der Waals surface area contributed by atoms with Crippen molar-refractivity contribution < 1.29 is 17.6 Å². The van der Waals surface area contributed by atoms with Gasteiger partial charge in [-0.2, -0.15) is 0 Å². The molecular weight excluding hydrogens is 406 g/mol. The molecule has 0 amide bonds. The largest absolute Gasteiger partial charge is 0.363 e. The zero-order valence-corrected chi connectivity index (χ0v) is 17.1. The first-order valence-corrected chi connectivity index (χ1v) is 9.96. The van der Waals surface area contributed by atoms with Gasteiger partial charge in [0.2, 0.25) is 0 Å². The average Bonchev–Trinajstić information content (AvgIpc) is 3.27. The molecule has 0 fully saturated rings. The summed E-state index contributed by atoms with van der Waals surface area (Å²) in [5.41, 5.74) is 2.86. The van der Waals surface area contributed by atoms with Crippen molar-refractivity contribution in [2.75, 3.05) is 4.90 Å². The number of halogens is 4. The summed E-state index contributed by atoms with van der Waals surface area (Å²) in [7, 11) is 0. The van der Waals surface area contributed by atoms with E-state index in [0.29, 0.717) is 12.2 Å². The van der Waals surface area contributed by atoms with E-state index in [2.05, 4.69) is 9.97 Å². The molecule has 4 aromatic rings. The van der Waals surface area contributed by atoms with Gasteiger partial charge in [-0.25, -0.2) is 22.5 Å². The zero-order valence-electron chi connectivity index (χ0n) is 17.1. The number of aryl methyl sites for hydroxylation is 1. The molecule has 1 aromatic heterocycles. The number of H-pyrrole nitrogens is 1. The molecule has 3 aromatic carbocycles. The number of imidazole rings is 1. The molecule has 0 unspecified atom stereocenters. The number of anilines is 1. The summed E-state index contributed by atoms with van der Waals surface area (Å²) in [6.07, 6.45) is 2.44. The van der Waals surface area contributed by atoms with E-state index < -0.39 is 34.4 Å². The Bertz CT molecular complexity index is 1200. The summed E-state index contributed by atoms with van der Waals surface area (Å²) in [5, 5.41) is 0. The number of rotatable bonds is 6. The molecule has 0 radical (unpaired) electrons. The van der Waals surface area contributed by atoms with Gasteiger partial charge in [0.25, 0.3) is 0 Å². The molecule has 0 spiro atoms. The first-order chi connectivity index (χ1) is 14.9. The van der Waals surface area contributed by atoms with Crippen LogP contribution >= 0.6 is 0 Å². The minimum atomic E-state index is -1.37. The molecular formula is C24H21F4N3. The maximum absolute atomic E-state index is 14.6. The van der Waals surface area contributed by atoms with Crippen molar-refractivity contribution in [3.05, 3.63) is 94.3 Å². The fourth-order valence-corrected chi connectivity index (χ4v) is 3.58. The Balaban J connectivity index is 1.76. The molecule has 0 bridgehead atoms. The van der Waals surface area contributed by atoms with Crippen LogP contribution in [0.2, 0.25) is 0 Å². The van der Waals surface area contributed by atoms with Crippen molar-refractivity contribution in [1.82, 2.24) is 9.97 Å². The highest BCUT2D eigenvalue weighted by Gasteiger charge is 2.25. The van der Waals surface area contributed by atoms with Crippen molar-refractivity contribution in [2.24, 2.45) is 0 Å². The van der Waals surface area contributed by atoms with Crippen molar-refractivity contribution in [1.29, 1.82) is 0 Å². The number of nitrogens with one attached hydrogen (secondary N) is 1. The molecule has 0 saturated heterocycles. The molecule has 0 atom stereocenters. The first kappa shape index (κ1) is 20.9. The summed E-state index contributed by atoms with van der Waals surface area (Å²) in [6, 6.07) is 13.2. The van der Waals surface area contributed by atoms with Crippen molar-refractivity contribution >= 4 is 16.7 Å². The first-order valence-electron chi connectivity index (χ1n) is 9.96. The quantitative estimate of drug-likeness (QED) is 0.294. The second kappa shape index (κ2) is 8.41. The van der Waals surface area contributed by atoms with E-state index in [1.807, 2.05) is 31.2 Å². The van der Waals surface area contributed by atoms with Gasteiger partial charge in [-0.15, -0.1) is 0 Å². The van der Waals surface area contributed by atoms with Gasteiger partial charge in [0.05, 0.1) is 17.4 Å². The van der Waals surface area contributed by atoms with Crippen molar-refractivity contribution in [3.8, 4) is 0 Å². The minimum Gasteiger partial charge on any atom is -0.363 e. The third kappa shape index (κ3) is 4.00. The Labute approximate surface area is 177 Å². The Kier molecular flexibility index (Phi) is 5.67. The maximum Gasteiger partial charge on any atom is 0.167 e. The topological polar surface area (TPSA) is 31.9 Å². The van der Waals surface area contributed by atoms with E-state index >= 15 is 0 Å². The van der Waals surface area contributed by atoms with Gasteiger partial charge >= 0.3 is 0 Å². The van der Waals surface area contributed by atoms with E-state index in [0.717, 1.165) is 35.5 Å². The summed E-state index contributed by atoms with van der Waals surface area (Å²) in [4.78, 5) is 8.85. The van der Waals surface area contributed by atoms with Crippen LogP contribution < -0.4 is 4.90 Å². The predicted octanol–water partition coefficient (Wildman–Crippen LogP) is 6.20. The number of aromatic nitrogens is 2. The van der Waals surface area contributed by atoms with Crippen LogP contribution in [-0.2, 0) is 19.5 Å². The number of hydrogen-bond donors (Lipinski definition) is 1. The Morgan fingerprint density at radius 3 is 2.13 bits per heavy atom. The summed E-state index contributed by atoms with van der Waals surface area (Å²) in [5.74, 6) is -5.48. The lowest BCUT2D eigenvalue weighted by Gasteiger charge is -2.26. The summed E-state index contributed by atoms with van der Waals surface area (Å²) in [6.45, 7) is 3.01. The molecule has 0 aliphatic carbocycles. The normalized spacial score (nSPS) is 11.3. The monoisotopic (exact) mass is 427 g/mol. The van der Waals surface area contributed by atoms with E-state index in [1.54, 1.807) is 29.4 Å². The van der Waals surface area contributed by atoms with Crippen LogP contribution in [0.3, 0.4) is 0 Å². The smallest absolute Gasteiger partial charge is 0.167 e. The Morgan fingerprint density at radius 1 is 0.839 bits per heavy atom. The number of aromatic amines is 1. The van der Waals surface area contributed by atoms with Gasteiger partial charge in [-0.05, 0) is 42.7 Å². The molecule has 160 valence electrons. The highest BCUT2D eigenvalue weighted by Crippen LogP contribution is 2.29. The molecule has 1 heterocycles. The summed E-state index contributed by atoms with van der Waals surface area (Å²) >= 11 is 0. The van der Waals surface area contributed by atoms with E-state index in [4.69, 9.17) is 0 Å². The van der Waals surface area contributed by atoms with Gasteiger partial charge in [0, 0.05) is 29.9 Å². The predicted molar refractivity (Wildman–Crippen MR) is 113 cm³/mol. The fraction of sp³-hybridized carbons (Fsp3) is 0.208. The third-order valence-corrected chi connectivity index (χ3v) is 5.50.